The summed E-state index contributed by atoms with van der Waals surface area (Å²) in [5.41, 5.74) is 5.22. The highest BCUT2D eigenvalue weighted by Crippen LogP contribution is 2.16. The van der Waals surface area contributed by atoms with Gasteiger partial charge >= 0.3 is 0 Å². The van der Waals surface area contributed by atoms with Crippen molar-refractivity contribution < 1.29 is 9.59 Å². The van der Waals surface area contributed by atoms with Gasteiger partial charge in [0.2, 0.25) is 11.8 Å². The van der Waals surface area contributed by atoms with Crippen molar-refractivity contribution in [3.8, 4) is 0 Å². The molecule has 0 aromatic heterocycles. The highest BCUT2D eigenvalue weighted by molar-refractivity contribution is 5.88. The fraction of sp³-hybridized carbons (Fsp3) is 0.818. The van der Waals surface area contributed by atoms with Crippen molar-refractivity contribution in [3.63, 3.8) is 0 Å². The Bertz CT molecular complexity index is 302. The summed E-state index contributed by atoms with van der Waals surface area (Å²) in [6.45, 7) is 6.18. The molecule has 2 amide bonds. The number of primary amides is 1. The van der Waals surface area contributed by atoms with Crippen LogP contribution in [0, 0.1) is 5.92 Å². The predicted molar refractivity (Wildman–Crippen MR) is 63.2 cm³/mol. The van der Waals surface area contributed by atoms with E-state index in [1.807, 2.05) is 0 Å². The van der Waals surface area contributed by atoms with Crippen LogP contribution in [-0.2, 0) is 9.59 Å². The average molecular weight is 240 g/mol. The van der Waals surface area contributed by atoms with Gasteiger partial charge in [-0.15, -0.1) is 0 Å². The van der Waals surface area contributed by atoms with Crippen molar-refractivity contribution in [1.82, 2.24) is 15.1 Å². The van der Waals surface area contributed by atoms with E-state index < -0.39 is 0 Å². The summed E-state index contributed by atoms with van der Waals surface area (Å²) in [4.78, 5) is 26.8. The molecule has 6 nitrogen and oxygen atoms in total. The molecule has 0 saturated carbocycles. The van der Waals surface area contributed by atoms with E-state index in [4.69, 9.17) is 5.73 Å². The summed E-state index contributed by atoms with van der Waals surface area (Å²) in [5.74, 6) is -0.586. The second-order valence-corrected chi connectivity index (χ2v) is 4.73. The Morgan fingerprint density at radius 2 is 2.06 bits per heavy atom. The molecule has 2 saturated heterocycles. The number of nitrogens with zero attached hydrogens (tertiary/aromatic N) is 2. The van der Waals surface area contributed by atoms with E-state index in [1.165, 1.54) is 0 Å². The fourth-order valence-electron chi connectivity index (χ4n) is 2.38. The zero-order chi connectivity index (χ0) is 12.3. The molecule has 0 aromatic rings. The normalized spacial score (nSPS) is 26.5. The van der Waals surface area contributed by atoms with Crippen molar-refractivity contribution in [2.24, 2.45) is 11.7 Å². The van der Waals surface area contributed by atoms with Crippen LogP contribution in [0.4, 0.5) is 0 Å². The van der Waals surface area contributed by atoms with Gasteiger partial charge in [-0.05, 0) is 0 Å². The number of nitrogens with two attached hydrogens (primary N) is 1. The first-order valence-electron chi connectivity index (χ1n) is 6.17. The van der Waals surface area contributed by atoms with Crippen LogP contribution in [0.3, 0.4) is 0 Å². The SMILES string of the molecule is NC(=O)C1CC(=O)N(CCN2CCNCC2)C1. The van der Waals surface area contributed by atoms with Crippen molar-refractivity contribution in [3.05, 3.63) is 0 Å². The Morgan fingerprint density at radius 1 is 1.35 bits per heavy atom. The number of carbonyl (C=O) groups is 2. The van der Waals surface area contributed by atoms with Crippen molar-refractivity contribution in [2.75, 3.05) is 45.8 Å². The van der Waals surface area contributed by atoms with E-state index >= 15 is 0 Å². The monoisotopic (exact) mass is 240 g/mol. The van der Waals surface area contributed by atoms with Gasteiger partial charge in [0.1, 0.15) is 0 Å². The van der Waals surface area contributed by atoms with Gasteiger partial charge < -0.3 is 16.0 Å². The van der Waals surface area contributed by atoms with Crippen LogP contribution in [0.15, 0.2) is 0 Å². The zero-order valence-corrected chi connectivity index (χ0v) is 10.0. The zero-order valence-electron chi connectivity index (χ0n) is 10.0. The number of carbonyl (C=O) groups excluding carboxylic acids is 2. The number of amides is 2. The molecule has 17 heavy (non-hydrogen) atoms. The van der Waals surface area contributed by atoms with Crippen LogP contribution in [0.2, 0.25) is 0 Å². The summed E-state index contributed by atoms with van der Waals surface area (Å²) in [6.07, 6.45) is 0.289. The molecular weight excluding hydrogens is 220 g/mol. The van der Waals surface area contributed by atoms with Crippen molar-refractivity contribution in [2.45, 2.75) is 6.42 Å². The average Bonchev–Trinajstić information content (AvgIpc) is 2.70. The number of rotatable bonds is 4. The maximum atomic E-state index is 11.6. The lowest BCUT2D eigenvalue weighted by Crippen LogP contribution is -2.46. The van der Waals surface area contributed by atoms with Gasteiger partial charge in [-0.3, -0.25) is 14.5 Å². The van der Waals surface area contributed by atoms with Gasteiger partial charge in [-0.2, -0.15) is 0 Å². The quantitative estimate of drug-likeness (QED) is 0.609. The van der Waals surface area contributed by atoms with Gasteiger partial charge in [-0.1, -0.05) is 0 Å². The van der Waals surface area contributed by atoms with Crippen LogP contribution in [0.25, 0.3) is 0 Å². The summed E-state index contributed by atoms with van der Waals surface area (Å²) >= 11 is 0. The molecule has 6 heteroatoms. The van der Waals surface area contributed by atoms with Crippen LogP contribution in [0.5, 0.6) is 0 Å². The first-order chi connectivity index (χ1) is 8.16. The van der Waals surface area contributed by atoms with Gasteiger partial charge in [0.05, 0.1) is 5.92 Å². The van der Waals surface area contributed by atoms with Crippen molar-refractivity contribution >= 4 is 11.8 Å². The molecule has 1 unspecified atom stereocenters. The molecule has 0 radical (unpaired) electrons. The van der Waals surface area contributed by atoms with E-state index in [0.29, 0.717) is 13.1 Å². The van der Waals surface area contributed by atoms with Crippen LogP contribution >= 0.6 is 0 Å². The van der Waals surface area contributed by atoms with Gasteiger partial charge in [0, 0.05) is 52.2 Å². The molecular formula is C11H20N4O2. The Morgan fingerprint density at radius 3 is 2.65 bits per heavy atom. The number of nitrogens with one attached hydrogen (secondary N) is 1. The third kappa shape index (κ3) is 3.17. The van der Waals surface area contributed by atoms with E-state index in [1.54, 1.807) is 4.90 Å². The maximum Gasteiger partial charge on any atom is 0.223 e. The molecule has 0 aromatic carbocycles. The molecule has 1 atom stereocenters. The lowest BCUT2D eigenvalue weighted by atomic mass is 10.1. The molecule has 0 aliphatic carbocycles. The molecule has 2 aliphatic rings. The minimum atomic E-state index is -0.358. The van der Waals surface area contributed by atoms with Gasteiger partial charge in [0.25, 0.3) is 0 Å². The standard InChI is InChI=1S/C11H20N4O2/c12-11(17)9-7-10(16)15(8-9)6-5-14-3-1-13-2-4-14/h9,13H,1-8H2,(H2,12,17). The van der Waals surface area contributed by atoms with Crippen LogP contribution in [0.1, 0.15) is 6.42 Å². The highest BCUT2D eigenvalue weighted by Gasteiger charge is 2.32. The number of hydrogen-bond acceptors (Lipinski definition) is 4. The third-order valence-corrected chi connectivity index (χ3v) is 3.51. The lowest BCUT2D eigenvalue weighted by molar-refractivity contribution is -0.128. The molecule has 2 fully saturated rings. The number of hydrogen-bond donors (Lipinski definition) is 2. The van der Waals surface area contributed by atoms with Crippen molar-refractivity contribution in [1.29, 1.82) is 0 Å². The molecule has 96 valence electrons. The van der Waals surface area contributed by atoms with E-state index in [9.17, 15) is 9.59 Å². The Balaban J connectivity index is 1.75. The summed E-state index contributed by atoms with van der Waals surface area (Å²) in [7, 11) is 0. The van der Waals surface area contributed by atoms with Gasteiger partial charge in [0.15, 0.2) is 0 Å². The summed E-state index contributed by atoms with van der Waals surface area (Å²) in [6, 6.07) is 0. The fourth-order valence-corrected chi connectivity index (χ4v) is 2.38. The second-order valence-electron chi connectivity index (χ2n) is 4.73. The molecule has 3 N–H and O–H groups in total. The van der Waals surface area contributed by atoms with Crippen LogP contribution < -0.4 is 11.1 Å². The molecule has 0 spiro atoms. The molecule has 2 heterocycles. The maximum absolute atomic E-state index is 11.6. The van der Waals surface area contributed by atoms with Gasteiger partial charge in [-0.25, -0.2) is 0 Å². The minimum Gasteiger partial charge on any atom is -0.369 e. The Labute approximate surface area is 101 Å². The topological polar surface area (TPSA) is 78.7 Å². The summed E-state index contributed by atoms with van der Waals surface area (Å²) < 4.78 is 0. The lowest BCUT2D eigenvalue weighted by Gasteiger charge is -2.29. The highest BCUT2D eigenvalue weighted by atomic mass is 16.2. The second kappa shape index (κ2) is 5.46. The number of piperazine rings is 1. The van der Waals surface area contributed by atoms with E-state index in [-0.39, 0.29) is 24.2 Å². The van der Waals surface area contributed by atoms with Crippen LogP contribution in [-0.4, -0.2) is 67.4 Å². The Kier molecular flexibility index (Phi) is 3.96. The largest absolute Gasteiger partial charge is 0.369 e. The molecule has 2 aliphatic heterocycles. The molecule has 2 rings (SSSR count). The smallest absolute Gasteiger partial charge is 0.223 e. The van der Waals surface area contributed by atoms with E-state index in [0.717, 1.165) is 32.7 Å². The minimum absolute atomic E-state index is 0.0592. The van der Waals surface area contributed by atoms with E-state index in [2.05, 4.69) is 10.2 Å². The molecule has 0 bridgehead atoms. The first kappa shape index (κ1) is 12.3. The number of likely N-dealkylation sites (tertiary alicyclic amines) is 1. The predicted octanol–water partition coefficient (Wildman–Crippen LogP) is -1.77. The summed E-state index contributed by atoms with van der Waals surface area (Å²) in [5, 5.41) is 3.29. The third-order valence-electron chi connectivity index (χ3n) is 3.51. The first-order valence-corrected chi connectivity index (χ1v) is 6.17. The Hall–Kier alpha value is -1.14.